The molecular formula is C67H76N6O13. The molecule has 4 atom stereocenters. The van der Waals surface area contributed by atoms with Crippen molar-refractivity contribution in [3.05, 3.63) is 208 Å². The topological polar surface area (TPSA) is 280 Å². The molecule has 19 nitrogen and oxygen atoms in total. The van der Waals surface area contributed by atoms with Crippen molar-refractivity contribution < 1.29 is 62.4 Å². The second-order valence-electron chi connectivity index (χ2n) is 20.9. The van der Waals surface area contributed by atoms with Gasteiger partial charge < -0.3 is 45.7 Å². The van der Waals surface area contributed by atoms with Crippen molar-refractivity contribution in [2.75, 3.05) is 13.1 Å². The standard InChI is InChI=1S/C67H76N6O13/c1-46-35-55(74)36-47(2)56(46)38-54(64(79)71-57(59(75)39-53(63(68)78)37-48-21-8-3-9-22-48)31-18-19-33-70-65(80)84-43-50-25-12-5-13-26-50)40-60(76)58(72-66(81)85-44-51-27-14-6-15-28-51)32-20-34-69-61(41-62(77)83-42-49-23-10-4-11-24-49)73-67(82)86-45-52-29-16-7-17-30-52/h3-17,21-30,35-36,53-54,57-58,74H,18-20,31-34,37-45H2,1-2H3,(H2,68,78)(H,70,80)(H,71,79)(H,72,81)(H,69,73,82)/t53-,54?,57+,58-/m1/s1. The van der Waals surface area contributed by atoms with Crippen molar-refractivity contribution in [2.45, 2.75) is 117 Å². The van der Waals surface area contributed by atoms with Crippen molar-refractivity contribution >= 4 is 53.5 Å². The molecule has 86 heavy (non-hydrogen) atoms. The van der Waals surface area contributed by atoms with E-state index in [1.165, 1.54) is 12.1 Å². The summed E-state index contributed by atoms with van der Waals surface area (Å²) in [5.41, 5.74) is 11.6. The molecule has 0 fully saturated rings. The van der Waals surface area contributed by atoms with Crippen LogP contribution in [0.5, 0.6) is 5.75 Å². The number of nitrogens with zero attached hydrogens (tertiary/aromatic N) is 1. The van der Waals surface area contributed by atoms with E-state index in [1.54, 1.807) is 86.6 Å². The highest BCUT2D eigenvalue weighted by molar-refractivity contribution is 6.04. The van der Waals surface area contributed by atoms with Crippen LogP contribution in [0.3, 0.4) is 0 Å². The quantitative estimate of drug-likeness (QED) is 0.00737. The van der Waals surface area contributed by atoms with E-state index in [0.717, 1.165) is 22.3 Å². The molecule has 0 radical (unpaired) electrons. The summed E-state index contributed by atoms with van der Waals surface area (Å²) in [5, 5.41) is 21.4. The maximum absolute atomic E-state index is 15.0. The van der Waals surface area contributed by atoms with Crippen LogP contribution in [0.25, 0.3) is 0 Å². The first-order valence-electron chi connectivity index (χ1n) is 28.7. The van der Waals surface area contributed by atoms with E-state index >= 15 is 0 Å². The number of aryl methyl sites for hydroxylation is 2. The number of ether oxygens (including phenoxy) is 4. The number of benzene rings is 6. The van der Waals surface area contributed by atoms with Crippen molar-refractivity contribution in [1.29, 1.82) is 0 Å². The van der Waals surface area contributed by atoms with Gasteiger partial charge in [-0.25, -0.2) is 14.4 Å². The summed E-state index contributed by atoms with van der Waals surface area (Å²) in [5.74, 6) is -5.26. The van der Waals surface area contributed by atoms with Crippen molar-refractivity contribution in [3.8, 4) is 5.75 Å². The highest BCUT2D eigenvalue weighted by atomic mass is 16.6. The summed E-state index contributed by atoms with van der Waals surface area (Å²) in [6, 6.07) is 45.8. The Labute approximate surface area is 501 Å². The summed E-state index contributed by atoms with van der Waals surface area (Å²) < 4.78 is 21.8. The Morgan fingerprint density at radius 3 is 1.47 bits per heavy atom. The minimum atomic E-state index is -1.27. The third-order valence-corrected chi connectivity index (χ3v) is 14.1. The van der Waals surface area contributed by atoms with Crippen LogP contribution in [-0.4, -0.2) is 83.7 Å². The first-order chi connectivity index (χ1) is 41.6. The molecule has 0 aromatic heterocycles. The van der Waals surface area contributed by atoms with Gasteiger partial charge in [-0.1, -0.05) is 152 Å². The van der Waals surface area contributed by atoms with Gasteiger partial charge in [-0.05, 0) is 115 Å². The Balaban J connectivity index is 1.22. The van der Waals surface area contributed by atoms with E-state index in [4.69, 9.17) is 24.7 Å². The monoisotopic (exact) mass is 1170 g/mol. The predicted molar refractivity (Wildman–Crippen MR) is 323 cm³/mol. The number of aromatic hydroxyl groups is 1. The number of aliphatic imine (C=N–C) groups is 1. The number of esters is 1. The maximum atomic E-state index is 15.0. The third kappa shape index (κ3) is 23.9. The van der Waals surface area contributed by atoms with Gasteiger partial charge in [0.05, 0.1) is 12.1 Å². The summed E-state index contributed by atoms with van der Waals surface area (Å²) in [7, 11) is 0. The number of unbranched alkanes of at least 4 members (excludes halogenated alkanes) is 1. The van der Waals surface area contributed by atoms with Crippen molar-refractivity contribution in [1.82, 2.24) is 21.3 Å². The smallest absolute Gasteiger partial charge is 0.412 e. The molecule has 6 rings (SSSR count). The van der Waals surface area contributed by atoms with Gasteiger partial charge in [0.1, 0.15) is 44.4 Å². The molecular weight excluding hydrogens is 1100 g/mol. The molecule has 0 saturated heterocycles. The molecule has 0 bridgehead atoms. The minimum absolute atomic E-state index is 0.00242. The van der Waals surface area contributed by atoms with Crippen molar-refractivity contribution in [2.24, 2.45) is 22.6 Å². The van der Waals surface area contributed by atoms with Crippen LogP contribution in [0.1, 0.15) is 95.9 Å². The average Bonchev–Trinajstić information content (AvgIpc) is 3.63. The van der Waals surface area contributed by atoms with Crippen LogP contribution in [0, 0.1) is 25.7 Å². The summed E-state index contributed by atoms with van der Waals surface area (Å²) in [6.45, 7) is 3.50. The zero-order chi connectivity index (χ0) is 61.5. The van der Waals surface area contributed by atoms with Crippen molar-refractivity contribution in [3.63, 3.8) is 0 Å². The van der Waals surface area contributed by atoms with Gasteiger partial charge in [0.25, 0.3) is 0 Å². The predicted octanol–water partition coefficient (Wildman–Crippen LogP) is 9.55. The molecule has 6 aromatic rings. The number of nitrogens with two attached hydrogens (primary N) is 1. The number of Topliss-reactive ketones (excluding diaryl/α,β-unsaturated/α-hetero) is 2. The molecule has 5 amide bonds. The number of hydrogen-bond acceptors (Lipinski definition) is 14. The SMILES string of the molecule is Cc1cc(O)cc(C)c1CC(CC(=O)[C@@H](CCCN=C(CC(=O)OCc1ccccc1)NC(=O)OCc1ccccc1)NC(=O)OCc1ccccc1)C(=O)N[C@@H](CCCCNC(=O)OCc1ccccc1)C(=O)C[C@@H](Cc1ccccc1)C(N)=O. The molecule has 7 N–H and O–H groups in total. The van der Waals surface area contributed by atoms with Gasteiger partial charge in [-0.3, -0.25) is 34.3 Å². The Hall–Kier alpha value is -9.65. The minimum Gasteiger partial charge on any atom is -0.508 e. The summed E-state index contributed by atoms with van der Waals surface area (Å²) in [6.07, 6.45) is -2.65. The van der Waals surface area contributed by atoms with Crippen LogP contribution >= 0.6 is 0 Å². The number of alkyl carbamates (subject to hydrolysis) is 3. The van der Waals surface area contributed by atoms with Gasteiger partial charge in [-0.2, -0.15) is 0 Å². The summed E-state index contributed by atoms with van der Waals surface area (Å²) in [4.78, 5) is 114. The van der Waals surface area contributed by atoms with E-state index in [-0.39, 0.29) is 89.6 Å². The number of ketones is 2. The van der Waals surface area contributed by atoms with Crippen LogP contribution < -0.4 is 27.0 Å². The number of carbonyl (C=O) groups is 8. The first kappa shape index (κ1) is 65.5. The average molecular weight is 1170 g/mol. The number of rotatable bonds is 33. The molecule has 452 valence electrons. The Kier molecular flexibility index (Phi) is 27.0. The highest BCUT2D eigenvalue weighted by Crippen LogP contribution is 2.26. The second kappa shape index (κ2) is 35.5. The van der Waals surface area contributed by atoms with E-state index in [9.17, 15) is 43.5 Å². The molecule has 6 aromatic carbocycles. The Morgan fingerprint density at radius 1 is 0.512 bits per heavy atom. The lowest BCUT2D eigenvalue weighted by Gasteiger charge is -2.26. The number of amidine groups is 1. The number of amides is 5. The van der Waals surface area contributed by atoms with Gasteiger partial charge in [-0.15, -0.1) is 0 Å². The lowest BCUT2D eigenvalue weighted by molar-refractivity contribution is -0.143. The first-order valence-corrected chi connectivity index (χ1v) is 28.7. The molecule has 19 heteroatoms. The van der Waals surface area contributed by atoms with E-state index in [2.05, 4.69) is 26.3 Å². The molecule has 0 heterocycles. The zero-order valence-corrected chi connectivity index (χ0v) is 48.6. The zero-order valence-electron chi connectivity index (χ0n) is 48.6. The number of primary amides is 1. The van der Waals surface area contributed by atoms with E-state index < -0.39 is 84.4 Å². The molecule has 0 saturated carbocycles. The van der Waals surface area contributed by atoms with Gasteiger partial charge >= 0.3 is 24.2 Å². The Morgan fingerprint density at radius 2 is 0.953 bits per heavy atom. The van der Waals surface area contributed by atoms with Crippen LogP contribution in [0.4, 0.5) is 14.4 Å². The molecule has 1 unspecified atom stereocenters. The number of phenolic OH excluding ortho intramolecular Hbond substituents is 1. The lowest BCUT2D eigenvalue weighted by atomic mass is 9.86. The Bertz CT molecular complexity index is 3100. The highest BCUT2D eigenvalue weighted by Gasteiger charge is 2.33. The number of phenols is 1. The van der Waals surface area contributed by atoms with Crippen LogP contribution in [0.15, 0.2) is 169 Å². The molecule has 0 aliphatic rings. The third-order valence-electron chi connectivity index (χ3n) is 14.1. The van der Waals surface area contributed by atoms with Gasteiger partial charge in [0.15, 0.2) is 11.6 Å². The van der Waals surface area contributed by atoms with E-state index in [0.29, 0.717) is 35.1 Å². The molecule has 0 aliphatic carbocycles. The van der Waals surface area contributed by atoms with E-state index in [1.807, 2.05) is 78.9 Å². The van der Waals surface area contributed by atoms with Crippen LogP contribution in [0.2, 0.25) is 0 Å². The largest absolute Gasteiger partial charge is 0.508 e. The fourth-order valence-corrected chi connectivity index (χ4v) is 9.45. The van der Waals surface area contributed by atoms with Crippen LogP contribution in [-0.2, 0) is 82.2 Å². The lowest BCUT2D eigenvalue weighted by Crippen LogP contribution is -2.47. The molecule has 0 aliphatic heterocycles. The van der Waals surface area contributed by atoms with Gasteiger partial charge in [0, 0.05) is 37.8 Å². The fourth-order valence-electron chi connectivity index (χ4n) is 9.45. The summed E-state index contributed by atoms with van der Waals surface area (Å²) >= 11 is 0. The fraction of sp³-hybridized carbons (Fsp3) is 0.328. The normalized spacial score (nSPS) is 12.5. The molecule has 0 spiro atoms. The van der Waals surface area contributed by atoms with Gasteiger partial charge in [0.2, 0.25) is 11.8 Å². The maximum Gasteiger partial charge on any atom is 0.412 e. The number of carbonyl (C=O) groups excluding carboxylic acids is 8. The number of nitrogens with one attached hydrogen (secondary N) is 4. The second-order valence-corrected chi connectivity index (χ2v) is 20.9. The number of hydrogen-bond donors (Lipinski definition) is 6.